The smallest absolute Gasteiger partial charge is 0.263 e. The number of hydrogen-bond acceptors (Lipinski definition) is 3. The largest absolute Gasteiger partial charge is 0.481 e. The monoisotopic (exact) mass is 366 g/mol. The second-order valence-electron chi connectivity index (χ2n) is 7.84. The summed E-state index contributed by atoms with van der Waals surface area (Å²) in [6.07, 6.45) is 1.80. The van der Waals surface area contributed by atoms with Crippen LogP contribution in [0.15, 0.2) is 18.2 Å². The molecule has 1 aliphatic carbocycles. The van der Waals surface area contributed by atoms with Crippen LogP contribution in [0.4, 0.5) is 0 Å². The zero-order valence-corrected chi connectivity index (χ0v) is 16.5. The molecule has 2 N–H and O–H groups in total. The number of fused-ring (bicyclic) bond motifs is 1. The van der Waals surface area contributed by atoms with Crippen molar-refractivity contribution in [3.8, 4) is 5.75 Å². The Balaban J connectivity index is 0.00000225. The number of hydrogen-bond donors (Lipinski definition) is 1. The van der Waals surface area contributed by atoms with E-state index < -0.39 is 6.10 Å². The first-order chi connectivity index (χ1) is 11.4. The number of nitrogens with zero attached hydrogens (tertiary/aromatic N) is 1. The SMILES string of the molecule is Cc1cc(OC(C)C(=O)N2CC3CCC(N)C3C2)ccc1C(C)C.Cl. The summed E-state index contributed by atoms with van der Waals surface area (Å²) >= 11 is 0. The third kappa shape index (κ3) is 4.12. The summed E-state index contributed by atoms with van der Waals surface area (Å²) in [4.78, 5) is 14.7. The Morgan fingerprint density at radius 1 is 1.24 bits per heavy atom. The van der Waals surface area contributed by atoms with E-state index in [-0.39, 0.29) is 24.4 Å². The molecule has 1 saturated heterocycles. The number of rotatable bonds is 4. The number of benzene rings is 1. The van der Waals surface area contributed by atoms with Gasteiger partial charge in [0.15, 0.2) is 6.10 Å². The highest BCUT2D eigenvalue weighted by Gasteiger charge is 2.43. The second-order valence-corrected chi connectivity index (χ2v) is 7.84. The van der Waals surface area contributed by atoms with Gasteiger partial charge in [-0.3, -0.25) is 4.79 Å². The lowest BCUT2D eigenvalue weighted by molar-refractivity contribution is -0.137. The predicted molar refractivity (Wildman–Crippen MR) is 103 cm³/mol. The Morgan fingerprint density at radius 3 is 2.56 bits per heavy atom. The lowest BCUT2D eigenvalue weighted by Crippen LogP contribution is -2.40. The molecule has 1 aromatic rings. The quantitative estimate of drug-likeness (QED) is 0.887. The second kappa shape index (κ2) is 7.96. The number of likely N-dealkylation sites (tertiary alicyclic amines) is 1. The van der Waals surface area contributed by atoms with Crippen molar-refractivity contribution in [1.29, 1.82) is 0 Å². The molecular formula is C20H31ClN2O2. The molecule has 0 spiro atoms. The predicted octanol–water partition coefficient (Wildman–Crippen LogP) is 3.50. The summed E-state index contributed by atoms with van der Waals surface area (Å²) in [5, 5.41) is 0. The number of carbonyl (C=O) groups excluding carboxylic acids is 1. The van der Waals surface area contributed by atoms with Crippen molar-refractivity contribution in [2.24, 2.45) is 17.6 Å². The van der Waals surface area contributed by atoms with Gasteiger partial charge in [-0.2, -0.15) is 0 Å². The summed E-state index contributed by atoms with van der Waals surface area (Å²) in [5.41, 5.74) is 8.70. The average Bonchev–Trinajstić information content (AvgIpc) is 3.08. The number of ether oxygens (including phenoxy) is 1. The summed E-state index contributed by atoms with van der Waals surface area (Å²) in [7, 11) is 0. The van der Waals surface area contributed by atoms with E-state index in [0.29, 0.717) is 17.8 Å². The maximum absolute atomic E-state index is 12.7. The van der Waals surface area contributed by atoms with Crippen LogP contribution in [-0.2, 0) is 4.79 Å². The Kier molecular flexibility index (Phi) is 6.39. The van der Waals surface area contributed by atoms with Gasteiger partial charge in [0.1, 0.15) is 5.75 Å². The van der Waals surface area contributed by atoms with Gasteiger partial charge in [0.05, 0.1) is 0 Å². The van der Waals surface area contributed by atoms with E-state index in [1.54, 1.807) is 0 Å². The summed E-state index contributed by atoms with van der Waals surface area (Å²) in [6.45, 7) is 9.95. The van der Waals surface area contributed by atoms with Crippen molar-refractivity contribution in [2.75, 3.05) is 13.1 Å². The summed E-state index contributed by atoms with van der Waals surface area (Å²) in [6, 6.07) is 6.37. The maximum atomic E-state index is 12.7. The molecule has 0 radical (unpaired) electrons. The number of halogens is 1. The molecule has 25 heavy (non-hydrogen) atoms. The molecule has 4 unspecified atom stereocenters. The van der Waals surface area contributed by atoms with Crippen LogP contribution in [0.3, 0.4) is 0 Å². The van der Waals surface area contributed by atoms with Crippen molar-refractivity contribution >= 4 is 18.3 Å². The Labute approximate surface area is 157 Å². The molecule has 0 aromatic heterocycles. The number of nitrogens with two attached hydrogens (primary N) is 1. The van der Waals surface area contributed by atoms with Crippen LogP contribution in [0.2, 0.25) is 0 Å². The molecule has 1 saturated carbocycles. The highest BCUT2D eigenvalue weighted by atomic mass is 35.5. The Bertz CT molecular complexity index is 620. The summed E-state index contributed by atoms with van der Waals surface area (Å²) in [5.74, 6) is 2.42. The number of amides is 1. The molecule has 0 bridgehead atoms. The minimum Gasteiger partial charge on any atom is -0.481 e. The van der Waals surface area contributed by atoms with E-state index in [9.17, 15) is 4.79 Å². The molecule has 1 aromatic carbocycles. The zero-order valence-electron chi connectivity index (χ0n) is 15.7. The number of aryl methyl sites for hydroxylation is 1. The molecule has 4 atom stereocenters. The minimum atomic E-state index is -0.454. The molecular weight excluding hydrogens is 336 g/mol. The first kappa shape index (κ1) is 20.1. The van der Waals surface area contributed by atoms with Crippen molar-refractivity contribution in [3.05, 3.63) is 29.3 Å². The third-order valence-electron chi connectivity index (χ3n) is 5.75. The molecule has 2 fully saturated rings. The van der Waals surface area contributed by atoms with Crippen LogP contribution in [0.1, 0.15) is 50.7 Å². The van der Waals surface area contributed by atoms with Crippen molar-refractivity contribution < 1.29 is 9.53 Å². The van der Waals surface area contributed by atoms with E-state index in [2.05, 4.69) is 26.8 Å². The van der Waals surface area contributed by atoms with Gasteiger partial charge in [-0.25, -0.2) is 0 Å². The van der Waals surface area contributed by atoms with E-state index in [0.717, 1.165) is 31.7 Å². The maximum Gasteiger partial charge on any atom is 0.263 e. The van der Waals surface area contributed by atoms with Crippen LogP contribution >= 0.6 is 12.4 Å². The van der Waals surface area contributed by atoms with Gasteiger partial charge in [0.25, 0.3) is 5.91 Å². The first-order valence-corrected chi connectivity index (χ1v) is 9.18. The highest BCUT2D eigenvalue weighted by molar-refractivity contribution is 5.85. The molecule has 5 heteroatoms. The normalized spacial score (nSPS) is 26.3. The third-order valence-corrected chi connectivity index (χ3v) is 5.75. The van der Waals surface area contributed by atoms with Gasteiger partial charge in [0, 0.05) is 19.1 Å². The fraction of sp³-hybridized carbons (Fsp3) is 0.650. The lowest BCUT2D eigenvalue weighted by atomic mass is 9.98. The van der Waals surface area contributed by atoms with Crippen LogP contribution in [0.5, 0.6) is 5.75 Å². The van der Waals surface area contributed by atoms with E-state index in [1.165, 1.54) is 11.1 Å². The van der Waals surface area contributed by atoms with E-state index in [4.69, 9.17) is 10.5 Å². The fourth-order valence-corrected chi connectivity index (χ4v) is 4.37. The van der Waals surface area contributed by atoms with Crippen molar-refractivity contribution in [2.45, 2.75) is 58.6 Å². The van der Waals surface area contributed by atoms with Crippen LogP contribution < -0.4 is 10.5 Å². The molecule has 4 nitrogen and oxygen atoms in total. The molecule has 140 valence electrons. The first-order valence-electron chi connectivity index (χ1n) is 9.18. The van der Waals surface area contributed by atoms with Crippen molar-refractivity contribution in [1.82, 2.24) is 4.90 Å². The average molecular weight is 367 g/mol. The summed E-state index contributed by atoms with van der Waals surface area (Å²) < 4.78 is 5.93. The zero-order chi connectivity index (χ0) is 17.4. The minimum absolute atomic E-state index is 0. The van der Waals surface area contributed by atoms with Crippen LogP contribution in [0.25, 0.3) is 0 Å². The van der Waals surface area contributed by atoms with Gasteiger partial charge in [-0.05, 0) is 67.7 Å². The lowest BCUT2D eigenvalue weighted by Gasteiger charge is -2.23. The Hall–Kier alpha value is -1.26. The molecule has 3 rings (SSSR count). The van der Waals surface area contributed by atoms with E-state index >= 15 is 0 Å². The Morgan fingerprint density at radius 2 is 1.96 bits per heavy atom. The van der Waals surface area contributed by atoms with Gasteiger partial charge in [-0.1, -0.05) is 19.9 Å². The van der Waals surface area contributed by atoms with Gasteiger partial charge in [-0.15, -0.1) is 12.4 Å². The number of carbonyl (C=O) groups is 1. The molecule has 1 heterocycles. The standard InChI is InChI=1S/C20H30N2O2.ClH/c1-12(2)17-7-6-16(9-13(17)3)24-14(4)20(23)22-10-15-5-8-19(21)18(15)11-22;/h6-7,9,12,14-15,18-19H,5,8,10-11,21H2,1-4H3;1H. The van der Waals surface area contributed by atoms with Crippen molar-refractivity contribution in [3.63, 3.8) is 0 Å². The van der Waals surface area contributed by atoms with Crippen LogP contribution in [-0.4, -0.2) is 36.0 Å². The molecule has 2 aliphatic rings. The van der Waals surface area contributed by atoms with E-state index in [1.807, 2.05) is 24.0 Å². The fourth-order valence-electron chi connectivity index (χ4n) is 4.37. The van der Waals surface area contributed by atoms with Crippen LogP contribution in [0, 0.1) is 18.8 Å². The van der Waals surface area contributed by atoms with Gasteiger partial charge in [0.2, 0.25) is 0 Å². The topological polar surface area (TPSA) is 55.6 Å². The molecule has 1 aliphatic heterocycles. The van der Waals surface area contributed by atoms with Gasteiger partial charge >= 0.3 is 0 Å². The molecule has 1 amide bonds. The highest BCUT2D eigenvalue weighted by Crippen LogP contribution is 2.37. The van der Waals surface area contributed by atoms with Gasteiger partial charge < -0.3 is 15.4 Å².